The van der Waals surface area contributed by atoms with Crippen LogP contribution >= 0.6 is 78.3 Å². The van der Waals surface area contributed by atoms with Gasteiger partial charge in [0, 0.05) is 41.5 Å². The molecule has 0 fully saturated rings. The number of hydrogen-bond donors (Lipinski definition) is 0. The third-order valence-corrected chi connectivity index (χ3v) is 6.55. The van der Waals surface area contributed by atoms with Crippen molar-refractivity contribution in [2.75, 3.05) is 0 Å². The molecular formula is C26H14Br2Cl4CuN2O2. The Balaban J connectivity index is 0.000000253. The van der Waals surface area contributed by atoms with Crippen molar-refractivity contribution in [3.8, 4) is 11.5 Å². The summed E-state index contributed by atoms with van der Waals surface area (Å²) in [6.07, 6.45) is 2.98. The van der Waals surface area contributed by atoms with E-state index in [-0.39, 0.29) is 28.6 Å². The van der Waals surface area contributed by atoms with Crippen molar-refractivity contribution < 1.29 is 27.3 Å². The van der Waals surface area contributed by atoms with Crippen molar-refractivity contribution >= 4 is 102 Å². The average Bonchev–Trinajstić information content (AvgIpc) is 2.84. The van der Waals surface area contributed by atoms with Crippen molar-refractivity contribution in [2.24, 2.45) is 9.98 Å². The average molecular weight is 752 g/mol. The second-order valence-corrected chi connectivity index (χ2v) is 10.5. The first-order valence-electron chi connectivity index (χ1n) is 10.0. The molecule has 0 saturated heterocycles. The quantitative estimate of drug-likeness (QED) is 0.154. The minimum atomic E-state index is -0.142. The molecule has 0 aliphatic carbocycles. The largest absolute Gasteiger partial charge is 2.00 e. The van der Waals surface area contributed by atoms with Gasteiger partial charge in [0.1, 0.15) is 0 Å². The van der Waals surface area contributed by atoms with E-state index in [4.69, 9.17) is 46.4 Å². The van der Waals surface area contributed by atoms with Crippen molar-refractivity contribution in [3.05, 3.63) is 113 Å². The Morgan fingerprint density at radius 3 is 1.19 bits per heavy atom. The van der Waals surface area contributed by atoms with Crippen LogP contribution in [-0.2, 0) is 17.1 Å². The van der Waals surface area contributed by atoms with Gasteiger partial charge in [-0.3, -0.25) is 9.98 Å². The molecule has 0 N–H and O–H groups in total. The van der Waals surface area contributed by atoms with E-state index in [9.17, 15) is 10.2 Å². The summed E-state index contributed by atoms with van der Waals surface area (Å²) in [6.45, 7) is 0. The van der Waals surface area contributed by atoms with Crippen molar-refractivity contribution in [1.82, 2.24) is 0 Å². The second kappa shape index (κ2) is 15.2. The third-order valence-electron chi connectivity index (χ3n) is 4.43. The topological polar surface area (TPSA) is 70.8 Å². The number of halogens is 6. The molecule has 0 spiro atoms. The zero-order chi connectivity index (χ0) is 26.2. The fourth-order valence-electron chi connectivity index (χ4n) is 2.69. The van der Waals surface area contributed by atoms with Crippen LogP contribution in [0.3, 0.4) is 0 Å². The van der Waals surface area contributed by atoms with Gasteiger partial charge in [-0.1, -0.05) is 89.8 Å². The molecule has 193 valence electrons. The predicted molar refractivity (Wildman–Crippen MR) is 155 cm³/mol. The van der Waals surface area contributed by atoms with E-state index in [0.717, 1.165) is 11.4 Å². The van der Waals surface area contributed by atoms with Gasteiger partial charge in [-0.05, 0) is 83.9 Å². The molecule has 0 unspecified atom stereocenters. The van der Waals surface area contributed by atoms with Crippen LogP contribution in [0.2, 0.25) is 20.1 Å². The number of hydrogen-bond acceptors (Lipinski definition) is 4. The maximum Gasteiger partial charge on any atom is 2.00 e. The van der Waals surface area contributed by atoms with Crippen LogP contribution < -0.4 is 10.2 Å². The Morgan fingerprint density at radius 1 is 0.541 bits per heavy atom. The van der Waals surface area contributed by atoms with Gasteiger partial charge in [0.2, 0.25) is 0 Å². The summed E-state index contributed by atoms with van der Waals surface area (Å²) in [5, 5.41) is 25.8. The van der Waals surface area contributed by atoms with E-state index < -0.39 is 0 Å². The van der Waals surface area contributed by atoms with Crippen LogP contribution in [0.4, 0.5) is 11.4 Å². The normalized spacial score (nSPS) is 10.8. The molecule has 0 heterocycles. The van der Waals surface area contributed by atoms with Gasteiger partial charge in [-0.15, -0.1) is 0 Å². The van der Waals surface area contributed by atoms with Crippen LogP contribution in [0.25, 0.3) is 0 Å². The summed E-state index contributed by atoms with van der Waals surface area (Å²) in [4.78, 5) is 8.40. The Labute approximate surface area is 261 Å². The molecule has 4 aromatic rings. The first kappa shape index (κ1) is 31.7. The smallest absolute Gasteiger partial charge is 0.871 e. The molecule has 0 amide bonds. The monoisotopic (exact) mass is 747 g/mol. The van der Waals surface area contributed by atoms with Gasteiger partial charge in [-0.2, -0.15) is 0 Å². The first-order chi connectivity index (χ1) is 17.1. The van der Waals surface area contributed by atoms with E-state index in [1.54, 1.807) is 72.8 Å². The van der Waals surface area contributed by atoms with Gasteiger partial charge in [0.15, 0.2) is 0 Å². The van der Waals surface area contributed by atoms with E-state index in [2.05, 4.69) is 41.8 Å². The summed E-state index contributed by atoms with van der Waals surface area (Å²) in [7, 11) is 0. The summed E-state index contributed by atoms with van der Waals surface area (Å²) in [5.74, 6) is -0.283. The van der Waals surface area contributed by atoms with E-state index in [1.165, 1.54) is 12.4 Å². The Kier molecular flexibility index (Phi) is 13.0. The minimum Gasteiger partial charge on any atom is -0.871 e. The Morgan fingerprint density at radius 2 is 0.865 bits per heavy atom. The third kappa shape index (κ3) is 9.93. The number of benzene rings is 4. The molecule has 0 bridgehead atoms. The number of nitrogens with zero attached hydrogens (tertiary/aromatic N) is 2. The maximum absolute atomic E-state index is 11.8. The summed E-state index contributed by atoms with van der Waals surface area (Å²) in [6, 6.07) is 20.3. The number of aliphatic imine (C=N–C) groups is 2. The molecule has 0 saturated carbocycles. The molecule has 0 aliphatic rings. The van der Waals surface area contributed by atoms with Gasteiger partial charge < -0.3 is 10.2 Å². The number of rotatable bonds is 4. The molecule has 0 atom stereocenters. The van der Waals surface area contributed by atoms with Crippen LogP contribution in [0.5, 0.6) is 11.5 Å². The summed E-state index contributed by atoms with van der Waals surface area (Å²) in [5.41, 5.74) is 2.30. The minimum absolute atomic E-state index is 0. The van der Waals surface area contributed by atoms with Crippen molar-refractivity contribution in [2.45, 2.75) is 0 Å². The Bertz CT molecular complexity index is 1310. The summed E-state index contributed by atoms with van der Waals surface area (Å²) < 4.78 is 0.847. The van der Waals surface area contributed by atoms with Crippen LogP contribution in [0.1, 0.15) is 11.1 Å². The standard InChI is InChI=1S/2C13H8BrCl2NO.Cu/c2*14-12-6-10(16)5-8(13(12)18)7-17-11-3-1-9(15)2-4-11;/h2*1-7,18H;/q;;+2/p-2. The van der Waals surface area contributed by atoms with Crippen molar-refractivity contribution in [3.63, 3.8) is 0 Å². The molecule has 4 nitrogen and oxygen atoms in total. The van der Waals surface area contributed by atoms with Crippen LogP contribution in [0.15, 0.2) is 91.7 Å². The molecule has 4 rings (SSSR count). The van der Waals surface area contributed by atoms with Gasteiger partial charge >= 0.3 is 17.1 Å². The fourth-order valence-corrected chi connectivity index (χ4v) is 4.61. The zero-order valence-corrected chi connectivity index (χ0v) is 25.5. The maximum atomic E-state index is 11.8. The van der Waals surface area contributed by atoms with Crippen molar-refractivity contribution in [1.29, 1.82) is 0 Å². The molecule has 0 aromatic heterocycles. The molecule has 11 heteroatoms. The fraction of sp³-hybridized carbons (Fsp3) is 0. The van der Waals surface area contributed by atoms with Crippen LogP contribution in [-0.4, -0.2) is 12.4 Å². The molecule has 4 aromatic carbocycles. The molecule has 1 radical (unpaired) electrons. The van der Waals surface area contributed by atoms with Gasteiger partial charge in [0.05, 0.1) is 11.4 Å². The second-order valence-electron chi connectivity index (χ2n) is 7.08. The predicted octanol–water partition coefficient (Wildman–Crippen LogP) is 9.16. The van der Waals surface area contributed by atoms with Gasteiger partial charge in [0.25, 0.3) is 0 Å². The van der Waals surface area contributed by atoms with E-state index in [1.807, 2.05) is 0 Å². The van der Waals surface area contributed by atoms with E-state index in [0.29, 0.717) is 40.2 Å². The Hall–Kier alpha value is -1.54. The zero-order valence-electron chi connectivity index (χ0n) is 18.4. The van der Waals surface area contributed by atoms with Crippen LogP contribution in [0, 0.1) is 0 Å². The van der Waals surface area contributed by atoms with E-state index >= 15 is 0 Å². The summed E-state index contributed by atoms with van der Waals surface area (Å²) >= 11 is 29.6. The SMILES string of the molecule is [Cu+2].[O-]c1c(Br)cc(Cl)cc1C=Nc1ccc(Cl)cc1.[O-]c1c(Br)cc(Cl)cc1C=Nc1ccc(Cl)cc1. The first-order valence-corrected chi connectivity index (χ1v) is 13.1. The molecule has 37 heavy (non-hydrogen) atoms. The molecule has 0 aliphatic heterocycles. The molecular weight excluding hydrogens is 737 g/mol. The van der Waals surface area contributed by atoms with Gasteiger partial charge in [-0.25, -0.2) is 0 Å².